The van der Waals surface area contributed by atoms with Crippen LogP contribution in [0.5, 0.6) is 0 Å². The number of amides is 1. The van der Waals surface area contributed by atoms with Gasteiger partial charge in [-0.1, -0.05) is 43.7 Å². The Labute approximate surface area is 175 Å². The van der Waals surface area contributed by atoms with Crippen LogP contribution in [0.15, 0.2) is 61.1 Å². The van der Waals surface area contributed by atoms with Gasteiger partial charge in [0.25, 0.3) is 11.5 Å². The summed E-state index contributed by atoms with van der Waals surface area (Å²) in [5, 5.41) is 0. The molecule has 9 heteroatoms. The number of nitrogens with zero attached hydrogens (tertiary/aromatic N) is 2. The van der Waals surface area contributed by atoms with E-state index in [4.69, 9.17) is 10.2 Å². The van der Waals surface area contributed by atoms with E-state index in [9.17, 15) is 14.4 Å². The first-order valence-corrected chi connectivity index (χ1v) is 9.95. The van der Waals surface area contributed by atoms with Crippen LogP contribution in [0.25, 0.3) is 0 Å². The molecule has 0 saturated heterocycles. The van der Waals surface area contributed by atoms with Crippen LogP contribution in [0, 0.1) is 0 Å². The molecule has 0 aliphatic carbocycles. The molecule has 1 amide bonds. The third-order valence-corrected chi connectivity index (χ3v) is 4.86. The largest absolute Gasteiger partial charge is 0.444 e. The van der Waals surface area contributed by atoms with E-state index in [-0.39, 0.29) is 23.8 Å². The summed E-state index contributed by atoms with van der Waals surface area (Å²) < 4.78 is 7.05. The summed E-state index contributed by atoms with van der Waals surface area (Å²) in [6.45, 7) is 2.40. The number of hydrogen-bond donors (Lipinski definition) is 2. The van der Waals surface area contributed by atoms with Crippen LogP contribution < -0.4 is 21.9 Å². The second-order valence-electron chi connectivity index (χ2n) is 6.48. The number of carbonyl (C=O) groups excluding carboxylic acids is 1. The molecule has 0 aliphatic rings. The summed E-state index contributed by atoms with van der Waals surface area (Å²) in [6, 6.07) is 12.3. The number of furan rings is 1. The molecule has 1 aromatic carbocycles. The van der Waals surface area contributed by atoms with Crippen LogP contribution in [0.1, 0.15) is 35.9 Å². The number of halogens is 1. The van der Waals surface area contributed by atoms with Crippen LogP contribution >= 0.6 is 15.9 Å². The lowest BCUT2D eigenvalue weighted by Gasteiger charge is -2.24. The van der Waals surface area contributed by atoms with Gasteiger partial charge in [-0.25, -0.2) is 4.79 Å². The van der Waals surface area contributed by atoms with Crippen LogP contribution in [0.3, 0.4) is 0 Å². The zero-order chi connectivity index (χ0) is 21.0. The average molecular weight is 461 g/mol. The van der Waals surface area contributed by atoms with Crippen molar-refractivity contribution in [1.82, 2.24) is 9.55 Å². The van der Waals surface area contributed by atoms with Gasteiger partial charge in [0.1, 0.15) is 5.82 Å². The first-order chi connectivity index (χ1) is 13.9. The van der Waals surface area contributed by atoms with E-state index in [1.807, 2.05) is 37.3 Å². The second-order valence-corrected chi connectivity index (χ2v) is 7.26. The Morgan fingerprint density at radius 1 is 1.21 bits per heavy atom. The number of anilines is 2. The highest BCUT2D eigenvalue weighted by atomic mass is 79.9. The fraction of sp³-hybridized carbons (Fsp3) is 0.250. The van der Waals surface area contributed by atoms with E-state index in [2.05, 4.69) is 20.9 Å². The van der Waals surface area contributed by atoms with Gasteiger partial charge in [-0.05, 0) is 40.0 Å². The van der Waals surface area contributed by atoms with Gasteiger partial charge in [0.15, 0.2) is 16.1 Å². The number of benzene rings is 1. The SMILES string of the molecule is CCCCn1c(N)c(N(Cc2ccccc2)C(=O)c2ccc(Br)o2)c(=O)[nH]c1=O. The van der Waals surface area contributed by atoms with E-state index >= 15 is 0 Å². The van der Waals surface area contributed by atoms with Crippen molar-refractivity contribution in [2.45, 2.75) is 32.9 Å². The molecule has 0 aliphatic heterocycles. The third-order valence-electron chi connectivity index (χ3n) is 4.43. The van der Waals surface area contributed by atoms with Crippen molar-refractivity contribution in [2.75, 3.05) is 10.6 Å². The summed E-state index contributed by atoms with van der Waals surface area (Å²) in [5.74, 6) is -0.558. The highest BCUT2D eigenvalue weighted by molar-refractivity contribution is 9.10. The van der Waals surface area contributed by atoms with Gasteiger partial charge in [0.2, 0.25) is 0 Å². The van der Waals surface area contributed by atoms with Gasteiger partial charge >= 0.3 is 5.69 Å². The Morgan fingerprint density at radius 2 is 1.93 bits per heavy atom. The van der Waals surface area contributed by atoms with Gasteiger partial charge in [-0.15, -0.1) is 0 Å². The molecular formula is C20H21BrN4O4. The summed E-state index contributed by atoms with van der Waals surface area (Å²) in [5.41, 5.74) is 5.59. The maximum atomic E-state index is 13.2. The minimum Gasteiger partial charge on any atom is -0.444 e. The third kappa shape index (κ3) is 4.51. The zero-order valence-corrected chi connectivity index (χ0v) is 17.4. The number of aromatic nitrogens is 2. The van der Waals surface area contributed by atoms with Crippen molar-refractivity contribution in [3.63, 3.8) is 0 Å². The zero-order valence-electron chi connectivity index (χ0n) is 15.9. The number of nitrogen functional groups attached to an aromatic ring is 1. The molecule has 3 aromatic rings. The van der Waals surface area contributed by atoms with Crippen LogP contribution in [0.4, 0.5) is 11.5 Å². The van der Waals surface area contributed by atoms with Crippen molar-refractivity contribution in [3.8, 4) is 0 Å². The standard InChI is InChI=1S/C20H21BrN4O4/c1-2-3-11-24-17(22)16(18(26)23-20(24)28)25(12-13-7-5-4-6-8-13)19(27)14-9-10-15(21)29-14/h4-10H,2-3,11-12,22H2,1H3,(H,23,26,28). The van der Waals surface area contributed by atoms with E-state index in [0.29, 0.717) is 17.6 Å². The molecule has 3 rings (SSSR count). The maximum Gasteiger partial charge on any atom is 0.330 e. The van der Waals surface area contributed by atoms with Crippen molar-refractivity contribution in [3.05, 3.63) is 79.3 Å². The van der Waals surface area contributed by atoms with Crippen molar-refractivity contribution in [1.29, 1.82) is 0 Å². The first kappa shape index (κ1) is 20.7. The fourth-order valence-corrected chi connectivity index (χ4v) is 3.26. The molecule has 29 heavy (non-hydrogen) atoms. The summed E-state index contributed by atoms with van der Waals surface area (Å²) in [6.07, 6.45) is 1.54. The summed E-state index contributed by atoms with van der Waals surface area (Å²) >= 11 is 3.18. The van der Waals surface area contributed by atoms with E-state index in [1.54, 1.807) is 6.07 Å². The number of aromatic amines is 1. The van der Waals surface area contributed by atoms with E-state index in [1.165, 1.54) is 15.5 Å². The molecule has 152 valence electrons. The Bertz CT molecular complexity index is 1120. The summed E-state index contributed by atoms with van der Waals surface area (Å²) in [4.78, 5) is 41.6. The van der Waals surface area contributed by atoms with Gasteiger partial charge in [0.05, 0.1) is 6.54 Å². The van der Waals surface area contributed by atoms with Crippen LogP contribution in [-0.4, -0.2) is 15.5 Å². The molecule has 8 nitrogen and oxygen atoms in total. The van der Waals surface area contributed by atoms with E-state index in [0.717, 1.165) is 12.0 Å². The maximum absolute atomic E-state index is 13.2. The lowest BCUT2D eigenvalue weighted by Crippen LogP contribution is -2.40. The van der Waals surface area contributed by atoms with Gasteiger partial charge in [-0.2, -0.15) is 0 Å². The molecule has 0 fully saturated rings. The molecule has 0 atom stereocenters. The Balaban J connectivity index is 2.14. The lowest BCUT2D eigenvalue weighted by molar-refractivity contribution is 0.0956. The lowest BCUT2D eigenvalue weighted by atomic mass is 10.2. The molecule has 2 heterocycles. The molecule has 0 spiro atoms. The number of rotatable bonds is 7. The second kappa shape index (κ2) is 8.95. The number of carbonyl (C=O) groups is 1. The van der Waals surface area contributed by atoms with Crippen molar-refractivity contribution in [2.24, 2.45) is 0 Å². The Kier molecular flexibility index (Phi) is 6.38. The fourth-order valence-electron chi connectivity index (χ4n) is 2.96. The van der Waals surface area contributed by atoms with Crippen LogP contribution in [0.2, 0.25) is 0 Å². The molecule has 0 bridgehead atoms. The number of nitrogens with one attached hydrogen (secondary N) is 1. The van der Waals surface area contributed by atoms with Crippen molar-refractivity contribution < 1.29 is 9.21 Å². The predicted octanol–water partition coefficient (Wildman–Crippen LogP) is 3.12. The molecule has 2 aromatic heterocycles. The molecule has 0 saturated carbocycles. The van der Waals surface area contributed by atoms with Gasteiger partial charge in [0, 0.05) is 6.54 Å². The first-order valence-electron chi connectivity index (χ1n) is 9.16. The topological polar surface area (TPSA) is 114 Å². The quantitative estimate of drug-likeness (QED) is 0.561. The predicted molar refractivity (Wildman–Crippen MR) is 114 cm³/mol. The highest BCUT2D eigenvalue weighted by Gasteiger charge is 2.27. The molecule has 3 N–H and O–H groups in total. The van der Waals surface area contributed by atoms with Gasteiger partial charge in [-0.3, -0.25) is 24.0 Å². The number of unbranched alkanes of at least 4 members (excludes halogenated alkanes) is 1. The minimum absolute atomic E-state index is 0.0397. The van der Waals surface area contributed by atoms with Crippen molar-refractivity contribution >= 4 is 33.3 Å². The highest BCUT2D eigenvalue weighted by Crippen LogP contribution is 2.24. The van der Waals surface area contributed by atoms with Gasteiger partial charge < -0.3 is 10.2 Å². The monoisotopic (exact) mass is 460 g/mol. The Hall–Kier alpha value is -3.07. The summed E-state index contributed by atoms with van der Waals surface area (Å²) in [7, 11) is 0. The minimum atomic E-state index is -0.727. The normalized spacial score (nSPS) is 10.8. The van der Waals surface area contributed by atoms with E-state index < -0.39 is 17.2 Å². The Morgan fingerprint density at radius 3 is 2.55 bits per heavy atom. The van der Waals surface area contributed by atoms with Crippen LogP contribution in [-0.2, 0) is 13.1 Å². The number of nitrogens with two attached hydrogens (primary N) is 1. The average Bonchev–Trinajstić information content (AvgIpc) is 3.13. The number of H-pyrrole nitrogens is 1. The molecule has 0 unspecified atom stereocenters. The number of hydrogen-bond acceptors (Lipinski definition) is 5. The molecule has 0 radical (unpaired) electrons. The smallest absolute Gasteiger partial charge is 0.330 e. The molecular weight excluding hydrogens is 440 g/mol.